The van der Waals surface area contributed by atoms with Gasteiger partial charge in [-0.05, 0) is 18.9 Å². The van der Waals surface area contributed by atoms with Gasteiger partial charge in [0.2, 0.25) is 0 Å². The number of amides is 1. The molecule has 0 aliphatic carbocycles. The minimum absolute atomic E-state index is 0.0635. The normalized spacial score (nSPS) is 10.4. The number of benzene rings is 1. The molecule has 0 heterocycles. The number of unbranched alkanes of at least 4 members (excludes halogenated alkanes) is 1. The van der Waals surface area contributed by atoms with Crippen molar-refractivity contribution in [3.8, 4) is 0 Å². The van der Waals surface area contributed by atoms with Gasteiger partial charge in [-0.25, -0.2) is 4.39 Å². The molecular formula is C14H19FN2O4. The molecule has 0 aromatic heterocycles. The third-order valence-electron chi connectivity index (χ3n) is 2.87. The van der Waals surface area contributed by atoms with Crippen LogP contribution in [0.3, 0.4) is 0 Å². The summed E-state index contributed by atoms with van der Waals surface area (Å²) in [5.41, 5.74) is -0.568. The number of carbonyl (C=O) groups is 1. The summed E-state index contributed by atoms with van der Waals surface area (Å²) < 4.78 is 19.1. The van der Waals surface area contributed by atoms with Crippen molar-refractivity contribution in [3.63, 3.8) is 0 Å². The number of hydrogen-bond donors (Lipinski definition) is 1. The first-order valence-electron chi connectivity index (χ1n) is 6.77. The van der Waals surface area contributed by atoms with Crippen LogP contribution in [0.15, 0.2) is 12.1 Å². The maximum Gasteiger partial charge on any atom is 0.270 e. The Bertz CT molecular complexity index is 520. The average Bonchev–Trinajstić information content (AvgIpc) is 2.44. The minimum atomic E-state index is -0.745. The van der Waals surface area contributed by atoms with Gasteiger partial charge < -0.3 is 10.1 Å². The fourth-order valence-electron chi connectivity index (χ4n) is 1.70. The lowest BCUT2D eigenvalue weighted by Gasteiger charge is -2.08. The summed E-state index contributed by atoms with van der Waals surface area (Å²) in [7, 11) is 0. The van der Waals surface area contributed by atoms with E-state index in [-0.39, 0.29) is 23.4 Å². The summed E-state index contributed by atoms with van der Waals surface area (Å²) >= 11 is 0. The number of nitro benzene ring substituents is 1. The van der Waals surface area contributed by atoms with Crippen LogP contribution < -0.4 is 5.32 Å². The first kappa shape index (κ1) is 17.0. The molecule has 0 saturated heterocycles. The minimum Gasteiger partial charge on any atom is -0.380 e. The number of aryl methyl sites for hydroxylation is 1. The lowest BCUT2D eigenvalue weighted by atomic mass is 10.1. The average molecular weight is 298 g/mol. The molecule has 7 heteroatoms. The maximum atomic E-state index is 13.9. The zero-order chi connectivity index (χ0) is 15.8. The van der Waals surface area contributed by atoms with Crippen molar-refractivity contribution in [1.29, 1.82) is 0 Å². The largest absolute Gasteiger partial charge is 0.380 e. The van der Waals surface area contributed by atoms with E-state index in [4.69, 9.17) is 4.74 Å². The van der Waals surface area contributed by atoms with Gasteiger partial charge in [0.15, 0.2) is 0 Å². The van der Waals surface area contributed by atoms with Gasteiger partial charge in [0.25, 0.3) is 11.6 Å². The fourth-order valence-corrected chi connectivity index (χ4v) is 1.70. The smallest absolute Gasteiger partial charge is 0.270 e. The maximum absolute atomic E-state index is 13.9. The molecule has 1 rings (SSSR count). The number of rotatable bonds is 8. The summed E-state index contributed by atoms with van der Waals surface area (Å²) in [6.45, 7) is 4.58. The van der Waals surface area contributed by atoms with E-state index in [2.05, 4.69) is 5.32 Å². The van der Waals surface area contributed by atoms with Gasteiger partial charge in [0.05, 0.1) is 17.1 Å². The van der Waals surface area contributed by atoms with Gasteiger partial charge in [0, 0.05) is 25.3 Å². The fraction of sp³-hybridized carbons (Fsp3) is 0.500. The predicted molar refractivity (Wildman–Crippen MR) is 75.9 cm³/mol. The van der Waals surface area contributed by atoms with Crippen LogP contribution in [0.1, 0.15) is 35.7 Å². The van der Waals surface area contributed by atoms with Crippen LogP contribution in [-0.2, 0) is 4.74 Å². The number of nitrogens with zero attached hydrogens (tertiary/aromatic N) is 1. The Morgan fingerprint density at radius 1 is 1.43 bits per heavy atom. The van der Waals surface area contributed by atoms with Crippen LogP contribution >= 0.6 is 0 Å². The molecule has 0 radical (unpaired) electrons. The van der Waals surface area contributed by atoms with Crippen LogP contribution in [0.2, 0.25) is 0 Å². The monoisotopic (exact) mass is 298 g/mol. The second-order valence-electron chi connectivity index (χ2n) is 4.60. The Kier molecular flexibility index (Phi) is 6.74. The zero-order valence-electron chi connectivity index (χ0n) is 12.1. The molecule has 116 valence electrons. The van der Waals surface area contributed by atoms with E-state index in [1.807, 2.05) is 6.92 Å². The van der Waals surface area contributed by atoms with Crippen LogP contribution in [0.25, 0.3) is 0 Å². The molecule has 0 fully saturated rings. The Balaban J connectivity index is 2.63. The van der Waals surface area contributed by atoms with E-state index >= 15 is 0 Å². The number of hydrogen-bond acceptors (Lipinski definition) is 4. The van der Waals surface area contributed by atoms with Crippen LogP contribution in [0.4, 0.5) is 10.1 Å². The number of ether oxygens (including phenoxy) is 1. The molecular weight excluding hydrogens is 279 g/mol. The molecule has 0 aliphatic rings. The molecule has 0 unspecified atom stereocenters. The predicted octanol–water partition coefficient (Wildman–Crippen LogP) is 2.59. The van der Waals surface area contributed by atoms with Crippen molar-refractivity contribution in [2.75, 3.05) is 19.8 Å². The standard InChI is InChI=1S/C14H19FN2O4/c1-3-4-6-21-7-5-16-14(18)12-9-11(17(19)20)8-10(2)13(12)15/h8-9H,3-7H2,1-2H3,(H,16,18). The van der Waals surface area contributed by atoms with Crippen LogP contribution in [0, 0.1) is 22.9 Å². The number of halogens is 1. The number of nitro groups is 1. The van der Waals surface area contributed by atoms with Gasteiger partial charge >= 0.3 is 0 Å². The van der Waals surface area contributed by atoms with Crippen molar-refractivity contribution in [2.24, 2.45) is 0 Å². The Labute approximate surface area is 122 Å². The number of carbonyl (C=O) groups excluding carboxylic acids is 1. The molecule has 0 spiro atoms. The van der Waals surface area contributed by atoms with Gasteiger partial charge in [-0.3, -0.25) is 14.9 Å². The van der Waals surface area contributed by atoms with E-state index in [0.717, 1.165) is 25.0 Å². The second kappa shape index (κ2) is 8.31. The van der Waals surface area contributed by atoms with Crippen molar-refractivity contribution in [1.82, 2.24) is 5.32 Å². The second-order valence-corrected chi connectivity index (χ2v) is 4.60. The summed E-state index contributed by atoms with van der Waals surface area (Å²) in [6.07, 6.45) is 1.96. The molecule has 0 bridgehead atoms. The summed E-state index contributed by atoms with van der Waals surface area (Å²) in [4.78, 5) is 21.9. The van der Waals surface area contributed by atoms with Crippen molar-refractivity contribution >= 4 is 11.6 Å². The molecule has 0 saturated carbocycles. The molecule has 1 aromatic carbocycles. The van der Waals surface area contributed by atoms with Crippen LogP contribution in [0.5, 0.6) is 0 Å². The highest BCUT2D eigenvalue weighted by Gasteiger charge is 2.19. The molecule has 21 heavy (non-hydrogen) atoms. The molecule has 0 aliphatic heterocycles. The lowest BCUT2D eigenvalue weighted by molar-refractivity contribution is -0.385. The van der Waals surface area contributed by atoms with Gasteiger partial charge in [0.1, 0.15) is 5.82 Å². The molecule has 0 atom stereocenters. The Morgan fingerprint density at radius 2 is 2.14 bits per heavy atom. The van der Waals surface area contributed by atoms with Crippen molar-refractivity contribution in [3.05, 3.63) is 39.2 Å². The lowest BCUT2D eigenvalue weighted by Crippen LogP contribution is -2.28. The topological polar surface area (TPSA) is 81.5 Å². The first-order chi connectivity index (χ1) is 9.97. The van der Waals surface area contributed by atoms with E-state index in [9.17, 15) is 19.3 Å². The summed E-state index contributed by atoms with van der Waals surface area (Å²) in [6, 6.07) is 2.04. The van der Waals surface area contributed by atoms with E-state index in [1.54, 1.807) is 0 Å². The highest BCUT2D eigenvalue weighted by Crippen LogP contribution is 2.20. The van der Waals surface area contributed by atoms with Gasteiger partial charge in [-0.1, -0.05) is 13.3 Å². The first-order valence-corrected chi connectivity index (χ1v) is 6.77. The Morgan fingerprint density at radius 3 is 2.76 bits per heavy atom. The van der Waals surface area contributed by atoms with Gasteiger partial charge in [-0.15, -0.1) is 0 Å². The molecule has 6 nitrogen and oxygen atoms in total. The summed E-state index contributed by atoms with van der Waals surface area (Å²) in [5, 5.41) is 13.2. The molecule has 1 N–H and O–H groups in total. The molecule has 1 aromatic rings. The zero-order valence-corrected chi connectivity index (χ0v) is 12.1. The van der Waals surface area contributed by atoms with E-state index in [1.165, 1.54) is 6.92 Å². The van der Waals surface area contributed by atoms with Crippen molar-refractivity contribution in [2.45, 2.75) is 26.7 Å². The highest BCUT2D eigenvalue weighted by atomic mass is 19.1. The van der Waals surface area contributed by atoms with E-state index < -0.39 is 16.6 Å². The SMILES string of the molecule is CCCCOCCNC(=O)c1cc([N+](=O)[O-])cc(C)c1F. The van der Waals surface area contributed by atoms with Crippen molar-refractivity contribution < 1.29 is 18.8 Å². The van der Waals surface area contributed by atoms with Crippen LogP contribution in [-0.4, -0.2) is 30.6 Å². The van der Waals surface area contributed by atoms with Gasteiger partial charge in [-0.2, -0.15) is 0 Å². The molecule has 1 amide bonds. The third-order valence-corrected chi connectivity index (χ3v) is 2.87. The quantitative estimate of drug-likeness (QED) is 0.454. The third kappa shape index (κ3) is 5.11. The summed E-state index contributed by atoms with van der Waals surface area (Å²) in [5.74, 6) is -1.43. The highest BCUT2D eigenvalue weighted by molar-refractivity contribution is 5.95. The Hall–Kier alpha value is -2.02. The number of nitrogens with one attached hydrogen (secondary N) is 1. The van der Waals surface area contributed by atoms with E-state index in [0.29, 0.717) is 13.2 Å². The number of non-ortho nitro benzene ring substituents is 1.